The number of rotatable bonds is 6. The van der Waals surface area contributed by atoms with Crippen molar-refractivity contribution >= 4 is 42.3 Å². The summed E-state index contributed by atoms with van der Waals surface area (Å²) < 4.78 is 0. The largest absolute Gasteiger partial charge is 0.290 e. The van der Waals surface area contributed by atoms with E-state index in [1.54, 1.807) is 23.9 Å². The van der Waals surface area contributed by atoms with Gasteiger partial charge in [-0.25, -0.2) is 0 Å². The lowest BCUT2D eigenvalue weighted by Gasteiger charge is -1.97. The van der Waals surface area contributed by atoms with Crippen LogP contribution in [0.2, 0.25) is 0 Å². The van der Waals surface area contributed by atoms with Crippen molar-refractivity contribution in [2.45, 2.75) is 10.6 Å². The van der Waals surface area contributed by atoms with Crippen LogP contribution in [0.1, 0.15) is 16.7 Å². The summed E-state index contributed by atoms with van der Waals surface area (Å²) in [5.74, 6) is 0.702. The summed E-state index contributed by atoms with van der Waals surface area (Å²) in [4.78, 5) is 13.1. The highest BCUT2D eigenvalue weighted by Crippen LogP contribution is 2.15. The van der Waals surface area contributed by atoms with Crippen LogP contribution < -0.4 is 0 Å². The molecule has 112 valence electrons. The molecule has 0 aliphatic rings. The van der Waals surface area contributed by atoms with Crippen molar-refractivity contribution in [3.05, 3.63) is 77.4 Å². The molecule has 0 aliphatic carbocycles. The van der Waals surface area contributed by atoms with E-state index in [2.05, 4.69) is 12.6 Å². The second kappa shape index (κ2) is 8.66. The number of ketones is 1. The third kappa shape index (κ3) is 5.24. The summed E-state index contributed by atoms with van der Waals surface area (Å²) in [5.41, 5.74) is 3.20. The number of allylic oxidation sites excluding steroid dienone is 2. The van der Waals surface area contributed by atoms with Gasteiger partial charge in [-0.2, -0.15) is 12.6 Å². The summed E-state index contributed by atoms with van der Waals surface area (Å²) in [7, 11) is 0. The molecule has 2 rings (SSSR count). The van der Waals surface area contributed by atoms with Crippen molar-refractivity contribution in [3.63, 3.8) is 0 Å². The quantitative estimate of drug-likeness (QED) is 0.450. The molecule has 0 N–H and O–H groups in total. The molecule has 0 atom stereocenters. The van der Waals surface area contributed by atoms with Crippen LogP contribution in [0.15, 0.2) is 65.6 Å². The molecule has 0 heterocycles. The van der Waals surface area contributed by atoms with Crippen LogP contribution in [-0.2, 0) is 10.5 Å². The van der Waals surface area contributed by atoms with Crippen molar-refractivity contribution < 1.29 is 4.79 Å². The molecule has 0 aromatic heterocycles. The van der Waals surface area contributed by atoms with E-state index in [-0.39, 0.29) is 5.78 Å². The Hall–Kier alpha value is -1.71. The van der Waals surface area contributed by atoms with E-state index in [4.69, 9.17) is 0 Å². The van der Waals surface area contributed by atoms with Gasteiger partial charge in [-0.15, -0.1) is 11.8 Å². The van der Waals surface area contributed by atoms with E-state index in [1.807, 2.05) is 66.9 Å². The summed E-state index contributed by atoms with van der Waals surface area (Å²) in [6, 6.07) is 16.1. The summed E-state index contributed by atoms with van der Waals surface area (Å²) >= 11 is 5.92. The number of carbonyl (C=O) groups is 1. The van der Waals surface area contributed by atoms with Gasteiger partial charge in [0, 0.05) is 10.6 Å². The van der Waals surface area contributed by atoms with Crippen molar-refractivity contribution in [2.24, 2.45) is 0 Å². The highest BCUT2D eigenvalue weighted by Gasteiger charge is 1.93. The Balaban J connectivity index is 1.95. The van der Waals surface area contributed by atoms with Gasteiger partial charge in [0.15, 0.2) is 5.78 Å². The Bertz CT molecular complexity index is 608. The molecule has 3 heteroatoms. The minimum absolute atomic E-state index is 0.0211. The Morgan fingerprint density at radius 2 is 1.45 bits per heavy atom. The molecule has 0 spiro atoms. The number of carbonyl (C=O) groups excluding carboxylic acids is 1. The first-order valence-electron chi connectivity index (χ1n) is 6.95. The second-order valence-electron chi connectivity index (χ2n) is 4.74. The van der Waals surface area contributed by atoms with Crippen molar-refractivity contribution in [1.29, 1.82) is 0 Å². The second-order valence-corrected chi connectivity index (χ2v) is 5.94. The molecule has 0 radical (unpaired) electrons. The van der Waals surface area contributed by atoms with E-state index < -0.39 is 0 Å². The molecule has 0 saturated heterocycles. The molecule has 0 unspecified atom stereocenters. The Morgan fingerprint density at radius 3 is 1.91 bits per heavy atom. The maximum Gasteiger partial charge on any atom is 0.178 e. The molecular weight excluding hydrogens is 308 g/mol. The van der Waals surface area contributed by atoms with Gasteiger partial charge < -0.3 is 0 Å². The van der Waals surface area contributed by atoms with Crippen LogP contribution >= 0.6 is 24.4 Å². The fraction of sp³-hybridized carbons (Fsp3) is 0.105. The maximum absolute atomic E-state index is 11.8. The zero-order valence-corrected chi connectivity index (χ0v) is 14.1. The smallest absolute Gasteiger partial charge is 0.178 e. The maximum atomic E-state index is 11.8. The van der Waals surface area contributed by atoms with Crippen molar-refractivity contribution in [2.75, 3.05) is 6.26 Å². The zero-order chi connectivity index (χ0) is 15.8. The van der Waals surface area contributed by atoms with Crippen LogP contribution in [-0.4, -0.2) is 12.0 Å². The minimum Gasteiger partial charge on any atom is -0.290 e. The van der Waals surface area contributed by atoms with Gasteiger partial charge in [0.2, 0.25) is 0 Å². The molecular formula is C19H18OS2. The Labute approximate surface area is 141 Å². The third-order valence-corrected chi connectivity index (χ3v) is 4.27. The Kier molecular flexibility index (Phi) is 6.56. The first kappa shape index (κ1) is 16.7. The predicted octanol–water partition coefficient (Wildman–Crippen LogP) is 5.13. The van der Waals surface area contributed by atoms with Gasteiger partial charge >= 0.3 is 0 Å². The highest BCUT2D eigenvalue weighted by atomic mass is 32.2. The number of benzene rings is 2. The van der Waals surface area contributed by atoms with Crippen molar-refractivity contribution in [1.82, 2.24) is 0 Å². The fourth-order valence-electron chi connectivity index (χ4n) is 1.86. The van der Waals surface area contributed by atoms with Crippen LogP contribution in [0.3, 0.4) is 0 Å². The lowest BCUT2D eigenvalue weighted by atomic mass is 10.1. The SMILES string of the molecule is CSc1ccc(/C=C/C(=O)/C=C/c2ccc(CS)cc2)cc1. The molecule has 2 aromatic carbocycles. The first-order chi connectivity index (χ1) is 10.7. The van der Waals surface area contributed by atoms with Gasteiger partial charge in [-0.1, -0.05) is 48.6 Å². The lowest BCUT2D eigenvalue weighted by Crippen LogP contribution is -1.85. The van der Waals surface area contributed by atoms with E-state index in [0.29, 0.717) is 0 Å². The topological polar surface area (TPSA) is 17.1 Å². The average Bonchev–Trinajstić information content (AvgIpc) is 2.59. The number of thiol groups is 1. The monoisotopic (exact) mass is 326 g/mol. The van der Waals surface area contributed by atoms with E-state index >= 15 is 0 Å². The molecule has 1 nitrogen and oxygen atoms in total. The Morgan fingerprint density at radius 1 is 0.955 bits per heavy atom. The molecule has 0 amide bonds. The van der Waals surface area contributed by atoms with Gasteiger partial charge in [0.25, 0.3) is 0 Å². The molecule has 22 heavy (non-hydrogen) atoms. The van der Waals surface area contributed by atoms with E-state index in [9.17, 15) is 4.79 Å². The molecule has 0 saturated carbocycles. The highest BCUT2D eigenvalue weighted by molar-refractivity contribution is 7.98. The minimum atomic E-state index is -0.0211. The summed E-state index contributed by atoms with van der Waals surface area (Å²) in [6.07, 6.45) is 8.88. The van der Waals surface area contributed by atoms with Crippen molar-refractivity contribution in [3.8, 4) is 0 Å². The first-order valence-corrected chi connectivity index (χ1v) is 8.81. The normalized spacial score (nSPS) is 11.4. The molecule has 2 aromatic rings. The van der Waals surface area contributed by atoms with Crippen LogP contribution in [0.5, 0.6) is 0 Å². The third-order valence-electron chi connectivity index (χ3n) is 3.16. The molecule has 0 bridgehead atoms. The van der Waals surface area contributed by atoms with Crippen LogP contribution in [0.4, 0.5) is 0 Å². The zero-order valence-electron chi connectivity index (χ0n) is 12.4. The van der Waals surface area contributed by atoms with Crippen LogP contribution in [0.25, 0.3) is 12.2 Å². The number of hydrogen-bond acceptors (Lipinski definition) is 3. The summed E-state index contributed by atoms with van der Waals surface area (Å²) in [5, 5.41) is 0. The average molecular weight is 326 g/mol. The number of hydrogen-bond donors (Lipinski definition) is 1. The predicted molar refractivity (Wildman–Crippen MR) is 100 cm³/mol. The standard InChI is InChI=1S/C19H18OS2/c1-22-19-12-8-16(9-13-19)7-11-18(20)10-6-15-2-4-17(14-21)5-3-15/h2-13,21H,14H2,1H3/b10-6+,11-7+. The van der Waals surface area contributed by atoms with Gasteiger partial charge in [-0.3, -0.25) is 4.79 Å². The molecule has 0 fully saturated rings. The van der Waals surface area contributed by atoms with Gasteiger partial charge in [-0.05, 0) is 47.2 Å². The van der Waals surface area contributed by atoms with Gasteiger partial charge in [0.05, 0.1) is 0 Å². The fourth-order valence-corrected chi connectivity index (χ4v) is 2.48. The van der Waals surface area contributed by atoms with Crippen LogP contribution in [0, 0.1) is 0 Å². The number of thioether (sulfide) groups is 1. The summed E-state index contributed by atoms with van der Waals surface area (Å²) in [6.45, 7) is 0. The lowest BCUT2D eigenvalue weighted by molar-refractivity contribution is -0.110. The van der Waals surface area contributed by atoms with E-state index in [0.717, 1.165) is 16.9 Å². The van der Waals surface area contributed by atoms with Gasteiger partial charge in [0.1, 0.15) is 0 Å². The molecule has 0 aliphatic heterocycles. The van der Waals surface area contributed by atoms with E-state index in [1.165, 1.54) is 10.5 Å².